The lowest BCUT2D eigenvalue weighted by atomic mass is 10.0. The first-order valence-corrected chi connectivity index (χ1v) is 8.02. The van der Waals surface area contributed by atoms with Crippen molar-refractivity contribution in [2.75, 3.05) is 6.54 Å². The first-order chi connectivity index (χ1) is 10.1. The van der Waals surface area contributed by atoms with Gasteiger partial charge in [0.25, 0.3) is 0 Å². The molecular formula is C16H21Cl2N3. The Labute approximate surface area is 136 Å². The molecule has 5 heteroatoms. The summed E-state index contributed by atoms with van der Waals surface area (Å²) in [5.41, 5.74) is 2.29. The minimum absolute atomic E-state index is 0.200. The van der Waals surface area contributed by atoms with Gasteiger partial charge in [0.15, 0.2) is 0 Å². The van der Waals surface area contributed by atoms with Crippen LogP contribution in [-0.4, -0.2) is 16.3 Å². The maximum atomic E-state index is 6.35. The van der Waals surface area contributed by atoms with Gasteiger partial charge in [-0.1, -0.05) is 30.1 Å². The summed E-state index contributed by atoms with van der Waals surface area (Å²) in [5, 5.41) is 9.26. The van der Waals surface area contributed by atoms with Crippen molar-refractivity contribution >= 4 is 23.2 Å². The molecule has 1 heterocycles. The zero-order valence-electron chi connectivity index (χ0n) is 12.4. The summed E-state index contributed by atoms with van der Waals surface area (Å²) in [4.78, 5) is 0. The molecule has 0 aliphatic carbocycles. The van der Waals surface area contributed by atoms with Gasteiger partial charge in [-0.25, -0.2) is 0 Å². The topological polar surface area (TPSA) is 29.9 Å². The molecule has 2 aromatic rings. The second-order valence-corrected chi connectivity index (χ2v) is 6.00. The van der Waals surface area contributed by atoms with Gasteiger partial charge in [-0.05, 0) is 55.6 Å². The van der Waals surface area contributed by atoms with Crippen LogP contribution in [0.2, 0.25) is 10.0 Å². The Morgan fingerprint density at radius 3 is 2.76 bits per heavy atom. The summed E-state index contributed by atoms with van der Waals surface area (Å²) in [6, 6.07) is 7.90. The van der Waals surface area contributed by atoms with E-state index < -0.39 is 0 Å². The molecule has 0 aliphatic rings. The molecule has 0 amide bonds. The van der Waals surface area contributed by atoms with E-state index in [1.165, 1.54) is 5.69 Å². The van der Waals surface area contributed by atoms with Crippen LogP contribution in [0.25, 0.3) is 0 Å². The van der Waals surface area contributed by atoms with Gasteiger partial charge in [0.05, 0.1) is 0 Å². The van der Waals surface area contributed by atoms with Gasteiger partial charge in [0.2, 0.25) is 0 Å². The lowest BCUT2D eigenvalue weighted by molar-refractivity contribution is 0.492. The molecule has 1 atom stereocenters. The van der Waals surface area contributed by atoms with Crippen molar-refractivity contribution in [2.45, 2.75) is 32.2 Å². The standard InChI is InChI=1S/C16H21Cl2N3/c1-3-9-19-16(7-5-13-8-10-20-21(13)2)14-11-12(17)4-6-15(14)18/h4,6,8,10-11,16,19H,3,5,7,9H2,1-2H3. The third-order valence-corrected chi connectivity index (χ3v) is 4.17. The van der Waals surface area contributed by atoms with E-state index >= 15 is 0 Å². The summed E-state index contributed by atoms with van der Waals surface area (Å²) in [6.45, 7) is 3.11. The molecule has 21 heavy (non-hydrogen) atoms. The largest absolute Gasteiger partial charge is 0.310 e. The highest BCUT2D eigenvalue weighted by atomic mass is 35.5. The molecule has 0 aliphatic heterocycles. The van der Waals surface area contributed by atoms with Crippen LogP contribution in [0.3, 0.4) is 0 Å². The van der Waals surface area contributed by atoms with Crippen LogP contribution in [0.5, 0.6) is 0 Å². The molecule has 3 nitrogen and oxygen atoms in total. The number of rotatable bonds is 7. The van der Waals surface area contributed by atoms with E-state index in [0.29, 0.717) is 0 Å². The molecule has 0 saturated carbocycles. The van der Waals surface area contributed by atoms with Crippen molar-refractivity contribution in [2.24, 2.45) is 7.05 Å². The van der Waals surface area contributed by atoms with Crippen molar-refractivity contribution in [1.29, 1.82) is 0 Å². The van der Waals surface area contributed by atoms with Gasteiger partial charge in [0.1, 0.15) is 0 Å². The van der Waals surface area contributed by atoms with Gasteiger partial charge in [-0.15, -0.1) is 0 Å². The molecule has 0 spiro atoms. The highest BCUT2D eigenvalue weighted by Gasteiger charge is 2.15. The van der Waals surface area contributed by atoms with E-state index in [0.717, 1.165) is 41.4 Å². The third-order valence-electron chi connectivity index (χ3n) is 3.59. The zero-order valence-corrected chi connectivity index (χ0v) is 14.0. The fourth-order valence-corrected chi connectivity index (χ4v) is 2.84. The fourth-order valence-electron chi connectivity index (χ4n) is 2.41. The van der Waals surface area contributed by atoms with Crippen molar-refractivity contribution in [1.82, 2.24) is 15.1 Å². The Hall–Kier alpha value is -1.03. The maximum Gasteiger partial charge on any atom is 0.0492 e. The van der Waals surface area contributed by atoms with Crippen molar-refractivity contribution < 1.29 is 0 Å². The summed E-state index contributed by atoms with van der Waals surface area (Å²) in [7, 11) is 1.97. The second-order valence-electron chi connectivity index (χ2n) is 5.16. The number of nitrogens with zero attached hydrogens (tertiary/aromatic N) is 2. The Morgan fingerprint density at radius 1 is 1.29 bits per heavy atom. The molecule has 0 radical (unpaired) electrons. The normalized spacial score (nSPS) is 12.6. The van der Waals surface area contributed by atoms with E-state index in [1.54, 1.807) is 0 Å². The van der Waals surface area contributed by atoms with Crippen LogP contribution in [0.1, 0.15) is 37.1 Å². The number of halogens is 2. The second kappa shape index (κ2) is 7.83. The van der Waals surface area contributed by atoms with Crippen LogP contribution < -0.4 is 5.32 Å². The van der Waals surface area contributed by atoms with Gasteiger partial charge in [0, 0.05) is 35.0 Å². The van der Waals surface area contributed by atoms with Crippen LogP contribution in [0, 0.1) is 0 Å². The van der Waals surface area contributed by atoms with Gasteiger partial charge in [-0.3, -0.25) is 4.68 Å². The lowest BCUT2D eigenvalue weighted by Gasteiger charge is -2.20. The number of hydrogen-bond donors (Lipinski definition) is 1. The summed E-state index contributed by atoms with van der Waals surface area (Å²) < 4.78 is 1.91. The van der Waals surface area contributed by atoms with E-state index in [-0.39, 0.29) is 6.04 Å². The summed E-state index contributed by atoms with van der Waals surface area (Å²) in [5.74, 6) is 0. The average Bonchev–Trinajstić information content (AvgIpc) is 2.87. The first kappa shape index (κ1) is 16.3. The third kappa shape index (κ3) is 4.47. The van der Waals surface area contributed by atoms with Crippen LogP contribution in [-0.2, 0) is 13.5 Å². The number of aromatic nitrogens is 2. The molecule has 0 fully saturated rings. The summed E-state index contributed by atoms with van der Waals surface area (Å²) in [6.07, 6.45) is 4.82. The highest BCUT2D eigenvalue weighted by molar-refractivity contribution is 6.33. The van der Waals surface area contributed by atoms with Crippen LogP contribution in [0.4, 0.5) is 0 Å². The molecule has 1 aromatic heterocycles. The van der Waals surface area contributed by atoms with Crippen molar-refractivity contribution in [3.8, 4) is 0 Å². The SMILES string of the molecule is CCCNC(CCc1ccnn1C)c1cc(Cl)ccc1Cl. The number of benzene rings is 1. The molecule has 0 saturated heterocycles. The Bertz CT molecular complexity index is 581. The van der Waals surface area contributed by atoms with Gasteiger partial charge < -0.3 is 5.32 Å². The predicted molar refractivity (Wildman–Crippen MR) is 89.0 cm³/mol. The molecule has 1 unspecified atom stereocenters. The molecule has 1 N–H and O–H groups in total. The first-order valence-electron chi connectivity index (χ1n) is 7.27. The van der Waals surface area contributed by atoms with E-state index in [4.69, 9.17) is 23.2 Å². The average molecular weight is 326 g/mol. The van der Waals surface area contributed by atoms with Crippen LogP contribution in [0.15, 0.2) is 30.5 Å². The molecule has 1 aromatic carbocycles. The predicted octanol–water partition coefficient (Wildman–Crippen LogP) is 4.40. The Balaban J connectivity index is 2.13. The number of nitrogens with one attached hydrogen (secondary N) is 1. The molecule has 2 rings (SSSR count). The number of hydrogen-bond acceptors (Lipinski definition) is 2. The monoisotopic (exact) mass is 325 g/mol. The fraction of sp³-hybridized carbons (Fsp3) is 0.438. The van der Waals surface area contributed by atoms with Gasteiger partial charge in [-0.2, -0.15) is 5.10 Å². The van der Waals surface area contributed by atoms with E-state index in [1.807, 2.05) is 36.1 Å². The van der Waals surface area contributed by atoms with E-state index in [9.17, 15) is 0 Å². The quantitative estimate of drug-likeness (QED) is 0.817. The Morgan fingerprint density at radius 2 is 2.10 bits per heavy atom. The minimum atomic E-state index is 0.200. The minimum Gasteiger partial charge on any atom is -0.310 e. The molecule has 0 bridgehead atoms. The van der Waals surface area contributed by atoms with Crippen LogP contribution >= 0.6 is 23.2 Å². The van der Waals surface area contributed by atoms with Gasteiger partial charge >= 0.3 is 0 Å². The van der Waals surface area contributed by atoms with Crippen molar-refractivity contribution in [3.05, 3.63) is 51.8 Å². The zero-order chi connectivity index (χ0) is 15.2. The van der Waals surface area contributed by atoms with E-state index in [2.05, 4.69) is 23.4 Å². The van der Waals surface area contributed by atoms with Crippen molar-refractivity contribution in [3.63, 3.8) is 0 Å². The molecule has 114 valence electrons. The Kier molecular flexibility index (Phi) is 6.09. The summed E-state index contributed by atoms with van der Waals surface area (Å²) >= 11 is 12.5. The highest BCUT2D eigenvalue weighted by Crippen LogP contribution is 2.29. The maximum absolute atomic E-state index is 6.35. The number of aryl methyl sites for hydroxylation is 2. The molecular weight excluding hydrogens is 305 g/mol. The lowest BCUT2D eigenvalue weighted by Crippen LogP contribution is -2.23. The smallest absolute Gasteiger partial charge is 0.0492 e.